The number of amides is 2. The number of carbonyl (C=O) groups excluding carboxylic acids is 2. The van der Waals surface area contributed by atoms with Gasteiger partial charge in [0.25, 0.3) is 5.91 Å². The van der Waals surface area contributed by atoms with Gasteiger partial charge in [-0.1, -0.05) is 20.3 Å². The normalized spacial score (nSPS) is 17.8. The second-order valence-electron chi connectivity index (χ2n) is 8.85. The molecular weight excluding hydrogens is 424 g/mol. The van der Waals surface area contributed by atoms with Gasteiger partial charge >= 0.3 is 0 Å². The fraction of sp³-hybridized carbons (Fsp3) is 0.542. The minimum atomic E-state index is -0.687. The second-order valence-corrected chi connectivity index (χ2v) is 8.85. The molecule has 0 saturated carbocycles. The van der Waals surface area contributed by atoms with Crippen LogP contribution in [-0.4, -0.2) is 72.2 Å². The predicted octanol–water partition coefficient (Wildman–Crippen LogP) is 1.67. The number of nitrogens with zero attached hydrogens (tertiary/aromatic N) is 3. The highest BCUT2D eigenvalue weighted by atomic mass is 16.7. The van der Waals surface area contributed by atoms with Gasteiger partial charge < -0.3 is 29.2 Å². The Balaban J connectivity index is 1.66. The first-order valence-electron chi connectivity index (χ1n) is 11.6. The number of pyridine rings is 1. The molecule has 2 aliphatic rings. The van der Waals surface area contributed by atoms with Crippen LogP contribution >= 0.6 is 0 Å². The van der Waals surface area contributed by atoms with E-state index in [-0.39, 0.29) is 29.6 Å². The Kier molecular flexibility index (Phi) is 6.60. The van der Waals surface area contributed by atoms with Gasteiger partial charge in [-0.3, -0.25) is 14.4 Å². The van der Waals surface area contributed by atoms with E-state index in [1.165, 1.54) is 0 Å². The van der Waals surface area contributed by atoms with Gasteiger partial charge in [0, 0.05) is 45.0 Å². The molecular formula is C24H32N4O5. The van der Waals surface area contributed by atoms with Gasteiger partial charge in [-0.25, -0.2) is 0 Å². The molecule has 0 radical (unpaired) electrons. The van der Waals surface area contributed by atoms with Crippen molar-refractivity contribution in [3.8, 4) is 11.5 Å². The molecule has 9 heteroatoms. The average molecular weight is 457 g/mol. The van der Waals surface area contributed by atoms with Crippen LogP contribution in [0.25, 0.3) is 10.9 Å². The molecule has 0 aliphatic carbocycles. The Morgan fingerprint density at radius 3 is 2.39 bits per heavy atom. The molecule has 1 aromatic carbocycles. The fourth-order valence-electron chi connectivity index (χ4n) is 4.33. The molecule has 9 nitrogen and oxygen atoms in total. The number of benzene rings is 1. The van der Waals surface area contributed by atoms with E-state index in [4.69, 9.17) is 9.47 Å². The number of nitrogens with one attached hydrogen (secondary N) is 1. The van der Waals surface area contributed by atoms with Crippen molar-refractivity contribution in [2.75, 3.05) is 40.0 Å². The summed E-state index contributed by atoms with van der Waals surface area (Å²) in [5.41, 5.74) is 0.304. The molecule has 2 atom stereocenters. The molecule has 0 spiro atoms. The molecule has 0 unspecified atom stereocenters. The van der Waals surface area contributed by atoms with Crippen LogP contribution in [-0.2, 0) is 11.3 Å². The summed E-state index contributed by atoms with van der Waals surface area (Å²) in [7, 11) is 2.03. The van der Waals surface area contributed by atoms with E-state index >= 15 is 0 Å². The van der Waals surface area contributed by atoms with Crippen molar-refractivity contribution < 1.29 is 19.1 Å². The van der Waals surface area contributed by atoms with Gasteiger partial charge in [0.1, 0.15) is 11.6 Å². The lowest BCUT2D eigenvalue weighted by Gasteiger charge is -2.36. The second kappa shape index (κ2) is 9.43. The number of hydrogen-bond donors (Lipinski definition) is 1. The third-order valence-electron chi connectivity index (χ3n) is 6.74. The van der Waals surface area contributed by atoms with Gasteiger partial charge in [-0.05, 0) is 26.0 Å². The quantitative estimate of drug-likeness (QED) is 0.711. The lowest BCUT2D eigenvalue weighted by atomic mass is 9.97. The zero-order valence-corrected chi connectivity index (χ0v) is 19.7. The summed E-state index contributed by atoms with van der Waals surface area (Å²) in [6, 6.07) is 2.71. The maximum Gasteiger partial charge on any atom is 0.257 e. The zero-order valence-electron chi connectivity index (χ0n) is 19.7. The molecule has 0 bridgehead atoms. The topological polar surface area (TPSA) is 93.1 Å². The van der Waals surface area contributed by atoms with Gasteiger partial charge in [0.2, 0.25) is 18.1 Å². The number of ether oxygens (including phenoxy) is 2. The molecule has 4 rings (SSSR count). The van der Waals surface area contributed by atoms with Crippen molar-refractivity contribution in [1.82, 2.24) is 19.7 Å². The van der Waals surface area contributed by atoms with E-state index in [0.29, 0.717) is 42.0 Å². The van der Waals surface area contributed by atoms with Crippen LogP contribution in [0.2, 0.25) is 0 Å². The minimum Gasteiger partial charge on any atom is -0.454 e. The molecule has 1 aromatic heterocycles. The van der Waals surface area contributed by atoms with Crippen molar-refractivity contribution >= 4 is 22.7 Å². The van der Waals surface area contributed by atoms with Gasteiger partial charge in [0.05, 0.1) is 10.9 Å². The van der Waals surface area contributed by atoms with Crippen LogP contribution in [0.5, 0.6) is 11.5 Å². The van der Waals surface area contributed by atoms with Gasteiger partial charge in [0.15, 0.2) is 11.5 Å². The first-order valence-corrected chi connectivity index (χ1v) is 11.6. The highest BCUT2D eigenvalue weighted by Gasteiger charge is 2.32. The van der Waals surface area contributed by atoms with Crippen LogP contribution in [0.3, 0.4) is 0 Å². The molecule has 1 N–H and O–H groups in total. The lowest BCUT2D eigenvalue weighted by Crippen LogP contribution is -2.56. The Labute approximate surface area is 193 Å². The molecule has 1 fully saturated rings. The van der Waals surface area contributed by atoms with Crippen LogP contribution in [0, 0.1) is 5.92 Å². The van der Waals surface area contributed by atoms with Gasteiger partial charge in [-0.2, -0.15) is 0 Å². The lowest BCUT2D eigenvalue weighted by molar-refractivity contribution is -0.136. The number of aryl methyl sites for hydroxylation is 1. The van der Waals surface area contributed by atoms with E-state index in [2.05, 4.69) is 10.2 Å². The number of piperazine rings is 1. The largest absolute Gasteiger partial charge is 0.454 e. The van der Waals surface area contributed by atoms with Crippen LogP contribution in [0.1, 0.15) is 37.6 Å². The zero-order chi connectivity index (χ0) is 23.7. The van der Waals surface area contributed by atoms with Crippen molar-refractivity contribution in [3.05, 3.63) is 34.1 Å². The van der Waals surface area contributed by atoms with Crippen molar-refractivity contribution in [2.45, 2.75) is 39.8 Å². The van der Waals surface area contributed by atoms with Crippen molar-refractivity contribution in [1.29, 1.82) is 0 Å². The van der Waals surface area contributed by atoms with E-state index in [1.807, 2.05) is 37.3 Å². The van der Waals surface area contributed by atoms with Crippen molar-refractivity contribution in [2.24, 2.45) is 5.92 Å². The molecule has 2 amide bonds. The van der Waals surface area contributed by atoms with Crippen LogP contribution in [0.15, 0.2) is 23.1 Å². The number of likely N-dealkylation sites (N-methyl/N-ethyl adjacent to an activating group) is 1. The number of rotatable bonds is 6. The maximum absolute atomic E-state index is 13.3. The number of carbonyl (C=O) groups is 2. The molecule has 1 saturated heterocycles. The summed E-state index contributed by atoms with van der Waals surface area (Å²) in [6.45, 7) is 9.40. The van der Waals surface area contributed by atoms with E-state index in [1.54, 1.807) is 18.3 Å². The SMILES string of the molecule is CC[C@@H](C)[C@H](NC(=O)c1cn(CC)c2cc3c(cc2c1=O)OCO3)C(=O)N1CCN(C)CC1. The molecule has 178 valence electrons. The molecule has 3 heterocycles. The first kappa shape index (κ1) is 23.1. The first-order chi connectivity index (χ1) is 15.8. The summed E-state index contributed by atoms with van der Waals surface area (Å²) in [4.78, 5) is 43.9. The summed E-state index contributed by atoms with van der Waals surface area (Å²) in [5, 5.41) is 3.28. The predicted molar refractivity (Wildman–Crippen MR) is 125 cm³/mol. The minimum absolute atomic E-state index is 0.0164. The summed E-state index contributed by atoms with van der Waals surface area (Å²) < 4.78 is 12.7. The van der Waals surface area contributed by atoms with E-state index in [9.17, 15) is 14.4 Å². The monoisotopic (exact) mass is 456 g/mol. The summed E-state index contributed by atoms with van der Waals surface area (Å²) in [6.07, 6.45) is 2.29. The fourth-order valence-corrected chi connectivity index (χ4v) is 4.33. The maximum atomic E-state index is 13.3. The Bertz CT molecular complexity index is 1120. The van der Waals surface area contributed by atoms with Crippen LogP contribution in [0.4, 0.5) is 0 Å². The summed E-state index contributed by atoms with van der Waals surface area (Å²) in [5.74, 6) is 0.377. The average Bonchev–Trinajstić information content (AvgIpc) is 3.29. The molecule has 2 aliphatic heterocycles. The summed E-state index contributed by atoms with van der Waals surface area (Å²) >= 11 is 0. The van der Waals surface area contributed by atoms with E-state index < -0.39 is 11.9 Å². The highest BCUT2D eigenvalue weighted by Crippen LogP contribution is 2.35. The number of hydrogen-bond acceptors (Lipinski definition) is 6. The third kappa shape index (κ3) is 4.42. The Morgan fingerprint density at radius 2 is 1.76 bits per heavy atom. The number of aromatic nitrogens is 1. The van der Waals surface area contributed by atoms with Gasteiger partial charge in [-0.15, -0.1) is 0 Å². The smallest absolute Gasteiger partial charge is 0.257 e. The Hall–Kier alpha value is -3.07. The van der Waals surface area contributed by atoms with Crippen LogP contribution < -0.4 is 20.2 Å². The van der Waals surface area contributed by atoms with Crippen molar-refractivity contribution in [3.63, 3.8) is 0 Å². The highest BCUT2D eigenvalue weighted by molar-refractivity contribution is 6.00. The molecule has 33 heavy (non-hydrogen) atoms. The van der Waals surface area contributed by atoms with E-state index in [0.717, 1.165) is 19.5 Å². The Morgan fingerprint density at radius 1 is 1.09 bits per heavy atom. The number of fused-ring (bicyclic) bond motifs is 2. The third-order valence-corrected chi connectivity index (χ3v) is 6.74. The molecule has 2 aromatic rings. The standard InChI is InChI=1S/C24H32N4O5/c1-5-15(3)21(24(31)28-9-7-26(4)8-10-28)25-23(30)17-13-27(6-2)18-12-20-19(32-14-33-20)11-16(18)22(17)29/h11-13,15,21H,5-10,14H2,1-4H3,(H,25,30)/t15-,21+/m1/s1.